The fourth-order valence-corrected chi connectivity index (χ4v) is 3.05. The molecule has 1 aliphatic rings. The number of benzene rings is 2. The molecule has 6 heteroatoms. The zero-order valence-electron chi connectivity index (χ0n) is 14.5. The van der Waals surface area contributed by atoms with Crippen molar-refractivity contribution in [1.29, 1.82) is 0 Å². The van der Waals surface area contributed by atoms with Crippen LogP contribution in [0, 0.1) is 0 Å². The van der Waals surface area contributed by atoms with Gasteiger partial charge in [-0.05, 0) is 42.3 Å². The van der Waals surface area contributed by atoms with Crippen molar-refractivity contribution in [3.05, 3.63) is 65.2 Å². The van der Waals surface area contributed by atoms with Crippen LogP contribution in [0.15, 0.2) is 48.5 Å². The van der Waals surface area contributed by atoms with Gasteiger partial charge >= 0.3 is 5.97 Å². The molecular formula is C20H20N2O4. The fraction of sp³-hybridized carbons (Fsp3) is 0.250. The molecule has 6 nitrogen and oxygen atoms in total. The van der Waals surface area contributed by atoms with Gasteiger partial charge in [-0.3, -0.25) is 9.59 Å². The molecule has 0 atom stereocenters. The third-order valence-electron chi connectivity index (χ3n) is 4.45. The van der Waals surface area contributed by atoms with E-state index in [-0.39, 0.29) is 17.4 Å². The quantitative estimate of drug-likeness (QED) is 0.897. The van der Waals surface area contributed by atoms with Crippen LogP contribution in [0.4, 0.5) is 5.69 Å². The van der Waals surface area contributed by atoms with E-state index in [1.54, 1.807) is 47.2 Å². The lowest BCUT2D eigenvalue weighted by molar-refractivity contribution is -0.117. The first-order valence-electron chi connectivity index (χ1n) is 8.44. The highest BCUT2D eigenvalue weighted by Gasteiger charge is 2.22. The van der Waals surface area contributed by atoms with Gasteiger partial charge in [-0.2, -0.15) is 0 Å². The maximum Gasteiger partial charge on any atom is 0.335 e. The first-order chi connectivity index (χ1) is 12.5. The minimum atomic E-state index is -0.978. The summed E-state index contributed by atoms with van der Waals surface area (Å²) in [6.07, 6.45) is 1.38. The maximum atomic E-state index is 12.7. The van der Waals surface area contributed by atoms with E-state index in [1.807, 2.05) is 6.07 Å². The highest BCUT2D eigenvalue weighted by molar-refractivity contribution is 5.99. The molecule has 2 aromatic carbocycles. The van der Waals surface area contributed by atoms with E-state index in [9.17, 15) is 14.4 Å². The van der Waals surface area contributed by atoms with Crippen molar-refractivity contribution < 1.29 is 19.5 Å². The van der Waals surface area contributed by atoms with Crippen molar-refractivity contribution in [2.45, 2.75) is 19.4 Å². The van der Waals surface area contributed by atoms with Gasteiger partial charge < -0.3 is 14.9 Å². The number of carboxylic acid groups (broad SMARTS) is 1. The lowest BCUT2D eigenvalue weighted by Crippen LogP contribution is -2.27. The van der Waals surface area contributed by atoms with Crippen LogP contribution in [-0.4, -0.2) is 41.4 Å². The normalized spacial score (nSPS) is 13.7. The van der Waals surface area contributed by atoms with E-state index >= 15 is 0 Å². The number of carbonyl (C=O) groups excluding carboxylic acids is 2. The highest BCUT2D eigenvalue weighted by Crippen LogP contribution is 2.23. The zero-order valence-corrected chi connectivity index (χ0v) is 14.5. The number of carboxylic acids is 1. The summed E-state index contributed by atoms with van der Waals surface area (Å²) in [7, 11) is 1.70. The molecule has 0 spiro atoms. The molecule has 0 bridgehead atoms. The lowest BCUT2D eigenvalue weighted by atomic mass is 10.1. The second kappa shape index (κ2) is 7.39. The molecule has 0 radical (unpaired) electrons. The summed E-state index contributed by atoms with van der Waals surface area (Å²) in [6, 6.07) is 13.5. The summed E-state index contributed by atoms with van der Waals surface area (Å²) < 4.78 is 0. The van der Waals surface area contributed by atoms with Crippen LogP contribution in [0.25, 0.3) is 0 Å². The molecule has 0 aromatic heterocycles. The molecule has 1 fully saturated rings. The Bertz CT molecular complexity index is 845. The Morgan fingerprint density at radius 1 is 1.12 bits per heavy atom. The molecule has 0 saturated carbocycles. The number of aromatic carboxylic acids is 1. The van der Waals surface area contributed by atoms with Crippen molar-refractivity contribution in [2.24, 2.45) is 0 Å². The minimum Gasteiger partial charge on any atom is -0.478 e. The van der Waals surface area contributed by atoms with E-state index in [0.717, 1.165) is 17.7 Å². The van der Waals surface area contributed by atoms with Gasteiger partial charge in [0.15, 0.2) is 0 Å². The highest BCUT2D eigenvalue weighted by atomic mass is 16.4. The Balaban J connectivity index is 1.72. The van der Waals surface area contributed by atoms with Crippen LogP contribution < -0.4 is 4.90 Å². The Morgan fingerprint density at radius 3 is 2.46 bits per heavy atom. The van der Waals surface area contributed by atoms with E-state index in [4.69, 9.17) is 5.11 Å². The SMILES string of the molecule is CN(Cc1ccc(C(=O)O)cc1)C(=O)c1cccc(N2CCCC2=O)c1. The molecule has 2 amide bonds. The van der Waals surface area contributed by atoms with Gasteiger partial charge in [0.25, 0.3) is 5.91 Å². The van der Waals surface area contributed by atoms with Crippen LogP contribution in [0.1, 0.15) is 39.1 Å². The third kappa shape index (κ3) is 3.74. The predicted molar refractivity (Wildman–Crippen MR) is 97.2 cm³/mol. The molecule has 1 saturated heterocycles. The van der Waals surface area contributed by atoms with Gasteiger partial charge in [-0.1, -0.05) is 18.2 Å². The van der Waals surface area contributed by atoms with Crippen LogP contribution in [0.3, 0.4) is 0 Å². The molecule has 1 N–H and O–H groups in total. The Morgan fingerprint density at radius 2 is 1.85 bits per heavy atom. The van der Waals surface area contributed by atoms with Crippen molar-refractivity contribution >= 4 is 23.5 Å². The van der Waals surface area contributed by atoms with E-state index < -0.39 is 5.97 Å². The zero-order chi connectivity index (χ0) is 18.7. The van der Waals surface area contributed by atoms with Crippen molar-refractivity contribution in [3.63, 3.8) is 0 Å². The average Bonchev–Trinajstić information content (AvgIpc) is 3.07. The summed E-state index contributed by atoms with van der Waals surface area (Å²) in [4.78, 5) is 38.8. The molecule has 0 aliphatic carbocycles. The van der Waals surface area contributed by atoms with Crippen LogP contribution >= 0.6 is 0 Å². The summed E-state index contributed by atoms with van der Waals surface area (Å²) in [6.45, 7) is 1.05. The van der Waals surface area contributed by atoms with E-state index in [0.29, 0.717) is 25.1 Å². The molecule has 3 rings (SSSR count). The molecule has 0 unspecified atom stereocenters. The number of rotatable bonds is 5. The second-order valence-electron chi connectivity index (χ2n) is 6.36. The number of hydrogen-bond donors (Lipinski definition) is 1. The van der Waals surface area contributed by atoms with Gasteiger partial charge in [-0.15, -0.1) is 0 Å². The molecule has 1 heterocycles. The smallest absolute Gasteiger partial charge is 0.335 e. The maximum absolute atomic E-state index is 12.7. The minimum absolute atomic E-state index is 0.0847. The van der Waals surface area contributed by atoms with Crippen molar-refractivity contribution in [2.75, 3.05) is 18.5 Å². The number of amides is 2. The van der Waals surface area contributed by atoms with Crippen LogP contribution in [0.5, 0.6) is 0 Å². The molecule has 134 valence electrons. The number of anilines is 1. The van der Waals surface area contributed by atoms with Gasteiger partial charge in [-0.25, -0.2) is 4.79 Å². The molecular weight excluding hydrogens is 332 g/mol. The summed E-state index contributed by atoms with van der Waals surface area (Å²) in [5.41, 5.74) is 2.33. The molecule has 2 aromatic rings. The summed E-state index contributed by atoms with van der Waals surface area (Å²) >= 11 is 0. The predicted octanol–water partition coefficient (Wildman–Crippen LogP) is 2.78. The lowest BCUT2D eigenvalue weighted by Gasteiger charge is -2.20. The summed E-state index contributed by atoms with van der Waals surface area (Å²) in [5, 5.41) is 8.94. The molecule has 26 heavy (non-hydrogen) atoms. The first-order valence-corrected chi connectivity index (χ1v) is 8.44. The largest absolute Gasteiger partial charge is 0.478 e. The Hall–Kier alpha value is -3.15. The standard InChI is InChI=1S/C20H20N2O4/c1-21(13-14-7-9-15(10-8-14)20(25)26)19(24)16-4-2-5-17(12-16)22-11-3-6-18(22)23/h2,4-5,7-10,12H,3,6,11,13H2,1H3,(H,25,26). The Labute approximate surface area is 151 Å². The fourth-order valence-electron chi connectivity index (χ4n) is 3.05. The van der Waals surface area contributed by atoms with Gasteiger partial charge in [0.1, 0.15) is 0 Å². The van der Waals surface area contributed by atoms with Crippen LogP contribution in [-0.2, 0) is 11.3 Å². The number of hydrogen-bond acceptors (Lipinski definition) is 3. The Kier molecular flexibility index (Phi) is 5.02. The van der Waals surface area contributed by atoms with Crippen molar-refractivity contribution in [3.8, 4) is 0 Å². The van der Waals surface area contributed by atoms with E-state index in [2.05, 4.69) is 0 Å². The average molecular weight is 352 g/mol. The third-order valence-corrected chi connectivity index (χ3v) is 4.45. The number of nitrogens with zero attached hydrogens (tertiary/aromatic N) is 2. The first kappa shape index (κ1) is 17.7. The van der Waals surface area contributed by atoms with Gasteiger partial charge in [0, 0.05) is 37.8 Å². The molecule has 1 aliphatic heterocycles. The monoisotopic (exact) mass is 352 g/mol. The number of carbonyl (C=O) groups is 3. The van der Waals surface area contributed by atoms with Gasteiger partial charge in [0.05, 0.1) is 5.56 Å². The summed E-state index contributed by atoms with van der Waals surface area (Å²) in [5.74, 6) is -1.04. The van der Waals surface area contributed by atoms with Crippen LogP contribution in [0.2, 0.25) is 0 Å². The van der Waals surface area contributed by atoms with Crippen molar-refractivity contribution in [1.82, 2.24) is 4.90 Å². The second-order valence-corrected chi connectivity index (χ2v) is 6.36. The van der Waals surface area contributed by atoms with E-state index in [1.165, 1.54) is 12.1 Å². The topological polar surface area (TPSA) is 77.9 Å². The van der Waals surface area contributed by atoms with Gasteiger partial charge in [0.2, 0.25) is 5.91 Å².